The van der Waals surface area contributed by atoms with Crippen LogP contribution in [0.15, 0.2) is 24.3 Å². The molecule has 3 N–H and O–H groups in total. The zero-order valence-electron chi connectivity index (χ0n) is 11.6. The van der Waals surface area contributed by atoms with Crippen molar-refractivity contribution in [1.82, 2.24) is 10.2 Å². The molecule has 0 aliphatic heterocycles. The van der Waals surface area contributed by atoms with Crippen LogP contribution in [0, 0.1) is 11.3 Å². The number of aryl methyl sites for hydroxylation is 1. The summed E-state index contributed by atoms with van der Waals surface area (Å²) in [5.41, 5.74) is 9.58. The molecule has 5 nitrogen and oxygen atoms in total. The lowest BCUT2D eigenvalue weighted by molar-refractivity contribution is 0.877. The first-order chi connectivity index (χ1) is 9.69. The highest BCUT2D eigenvalue weighted by atomic mass is 15.2. The van der Waals surface area contributed by atoms with Gasteiger partial charge in [0.15, 0.2) is 5.82 Å². The van der Waals surface area contributed by atoms with Gasteiger partial charge in [0.1, 0.15) is 11.6 Å². The largest absolute Gasteiger partial charge is 0.399 e. The van der Waals surface area contributed by atoms with Gasteiger partial charge in [-0.05, 0) is 36.6 Å². The summed E-state index contributed by atoms with van der Waals surface area (Å²) >= 11 is 0. The second-order valence-corrected chi connectivity index (χ2v) is 4.42. The molecular formula is C15H17N5. The van der Waals surface area contributed by atoms with Crippen molar-refractivity contribution in [3.05, 3.63) is 41.1 Å². The van der Waals surface area contributed by atoms with E-state index in [9.17, 15) is 5.26 Å². The Bertz CT molecular complexity index is 658. The minimum absolute atomic E-state index is 0.479. The Morgan fingerprint density at radius 3 is 2.65 bits per heavy atom. The molecule has 2 aromatic rings. The van der Waals surface area contributed by atoms with Gasteiger partial charge in [0.2, 0.25) is 0 Å². The Morgan fingerprint density at radius 1 is 1.25 bits per heavy atom. The molecule has 2 rings (SSSR count). The average molecular weight is 267 g/mol. The van der Waals surface area contributed by atoms with E-state index >= 15 is 0 Å². The van der Waals surface area contributed by atoms with Crippen LogP contribution in [0.1, 0.15) is 30.7 Å². The predicted molar refractivity (Wildman–Crippen MR) is 79.6 cm³/mol. The number of nitrogens with one attached hydrogen (secondary N) is 1. The van der Waals surface area contributed by atoms with Gasteiger partial charge in [-0.1, -0.05) is 19.9 Å². The molecule has 0 bridgehead atoms. The lowest BCUT2D eigenvalue weighted by atomic mass is 10.0. The number of nitrogen functional groups attached to an aromatic ring is 1. The Kier molecular flexibility index (Phi) is 4.16. The second-order valence-electron chi connectivity index (χ2n) is 4.42. The number of aromatic nitrogens is 2. The molecule has 102 valence electrons. The summed E-state index contributed by atoms with van der Waals surface area (Å²) in [5.74, 6) is 0.479. The highest BCUT2D eigenvalue weighted by Gasteiger charge is 2.14. The molecule has 20 heavy (non-hydrogen) atoms. The van der Waals surface area contributed by atoms with Crippen molar-refractivity contribution >= 4 is 17.2 Å². The minimum atomic E-state index is 0.479. The summed E-state index contributed by atoms with van der Waals surface area (Å²) in [6.07, 6.45) is 1.52. The van der Waals surface area contributed by atoms with Crippen molar-refractivity contribution in [1.29, 1.82) is 5.26 Å². The SMILES string of the molecule is CCc1nnc(Nc2cccc(N)c2)c(C#N)c1CC. The van der Waals surface area contributed by atoms with Crippen LogP contribution in [0.5, 0.6) is 0 Å². The molecule has 0 atom stereocenters. The third kappa shape index (κ3) is 2.69. The summed E-state index contributed by atoms with van der Waals surface area (Å²) in [4.78, 5) is 0. The van der Waals surface area contributed by atoms with Crippen LogP contribution in [-0.2, 0) is 12.8 Å². The zero-order valence-corrected chi connectivity index (χ0v) is 11.6. The first kappa shape index (κ1) is 13.8. The lowest BCUT2D eigenvalue weighted by Crippen LogP contribution is -2.07. The molecular weight excluding hydrogens is 250 g/mol. The van der Waals surface area contributed by atoms with Gasteiger partial charge in [0.25, 0.3) is 0 Å². The summed E-state index contributed by atoms with van der Waals surface area (Å²) in [6.45, 7) is 4.02. The highest BCUT2D eigenvalue weighted by Crippen LogP contribution is 2.24. The Morgan fingerprint density at radius 2 is 2.05 bits per heavy atom. The van der Waals surface area contributed by atoms with E-state index < -0.39 is 0 Å². The molecule has 5 heteroatoms. The molecule has 0 saturated carbocycles. The van der Waals surface area contributed by atoms with Crippen LogP contribution >= 0.6 is 0 Å². The fourth-order valence-electron chi connectivity index (χ4n) is 2.13. The summed E-state index contributed by atoms with van der Waals surface area (Å²) in [6, 6.07) is 9.55. The number of hydrogen-bond acceptors (Lipinski definition) is 5. The van der Waals surface area contributed by atoms with Crippen molar-refractivity contribution < 1.29 is 0 Å². The fraction of sp³-hybridized carbons (Fsp3) is 0.267. The van der Waals surface area contributed by atoms with Crippen LogP contribution in [0.3, 0.4) is 0 Å². The third-order valence-corrected chi connectivity index (χ3v) is 3.11. The van der Waals surface area contributed by atoms with Crippen LogP contribution in [0.25, 0.3) is 0 Å². The molecule has 0 fully saturated rings. The molecule has 0 saturated heterocycles. The number of rotatable bonds is 4. The number of anilines is 3. The Balaban J connectivity index is 2.45. The summed E-state index contributed by atoms with van der Waals surface area (Å²) in [7, 11) is 0. The van der Waals surface area contributed by atoms with Gasteiger partial charge in [-0.15, -0.1) is 5.10 Å². The lowest BCUT2D eigenvalue weighted by Gasteiger charge is -2.12. The normalized spacial score (nSPS) is 10.1. The third-order valence-electron chi connectivity index (χ3n) is 3.11. The number of nitrogens with zero attached hydrogens (tertiary/aromatic N) is 3. The molecule has 1 heterocycles. The average Bonchev–Trinajstić information content (AvgIpc) is 2.46. The maximum Gasteiger partial charge on any atom is 0.171 e. The maximum atomic E-state index is 9.40. The van der Waals surface area contributed by atoms with E-state index in [2.05, 4.69) is 21.6 Å². The molecule has 0 aliphatic carbocycles. The van der Waals surface area contributed by atoms with E-state index in [1.54, 1.807) is 12.1 Å². The van der Waals surface area contributed by atoms with Gasteiger partial charge >= 0.3 is 0 Å². The Hall–Kier alpha value is -2.61. The van der Waals surface area contributed by atoms with Gasteiger partial charge in [-0.2, -0.15) is 10.4 Å². The molecule has 1 aromatic carbocycles. The minimum Gasteiger partial charge on any atom is -0.399 e. The molecule has 0 unspecified atom stereocenters. The summed E-state index contributed by atoms with van der Waals surface area (Å²) in [5, 5.41) is 20.8. The van der Waals surface area contributed by atoms with Gasteiger partial charge in [-0.25, -0.2) is 0 Å². The molecule has 0 radical (unpaired) electrons. The second kappa shape index (κ2) is 6.02. The number of nitriles is 1. The number of hydrogen-bond donors (Lipinski definition) is 2. The van der Waals surface area contributed by atoms with E-state index in [-0.39, 0.29) is 0 Å². The fourth-order valence-corrected chi connectivity index (χ4v) is 2.13. The zero-order chi connectivity index (χ0) is 14.5. The van der Waals surface area contributed by atoms with Crippen molar-refractivity contribution in [2.24, 2.45) is 0 Å². The maximum absolute atomic E-state index is 9.40. The monoisotopic (exact) mass is 267 g/mol. The van der Waals surface area contributed by atoms with Crippen molar-refractivity contribution in [2.75, 3.05) is 11.1 Å². The molecule has 0 spiro atoms. The van der Waals surface area contributed by atoms with Crippen molar-refractivity contribution in [3.8, 4) is 6.07 Å². The van der Waals surface area contributed by atoms with Crippen LogP contribution in [0.4, 0.5) is 17.2 Å². The van der Waals surface area contributed by atoms with Gasteiger partial charge < -0.3 is 11.1 Å². The van der Waals surface area contributed by atoms with Gasteiger partial charge in [0, 0.05) is 11.4 Å². The summed E-state index contributed by atoms with van der Waals surface area (Å²) < 4.78 is 0. The standard InChI is InChI=1S/C15H17N5/c1-3-12-13(9-16)15(20-19-14(12)4-2)18-11-7-5-6-10(17)8-11/h5-8H,3-4,17H2,1-2H3,(H,18,20). The predicted octanol–water partition coefficient (Wildman–Crippen LogP) is 2.80. The van der Waals surface area contributed by atoms with E-state index in [4.69, 9.17) is 5.73 Å². The molecule has 0 amide bonds. The van der Waals surface area contributed by atoms with E-state index in [1.165, 1.54) is 0 Å². The first-order valence-electron chi connectivity index (χ1n) is 6.60. The van der Waals surface area contributed by atoms with Crippen molar-refractivity contribution in [3.63, 3.8) is 0 Å². The van der Waals surface area contributed by atoms with Gasteiger partial charge in [0.05, 0.1) is 5.69 Å². The Labute approximate surface area is 118 Å². The van der Waals surface area contributed by atoms with E-state index in [1.807, 2.05) is 26.0 Å². The molecule has 0 aliphatic rings. The number of nitrogens with two attached hydrogens (primary N) is 1. The quantitative estimate of drug-likeness (QED) is 0.832. The van der Waals surface area contributed by atoms with Crippen LogP contribution in [-0.4, -0.2) is 10.2 Å². The molecule has 1 aromatic heterocycles. The van der Waals surface area contributed by atoms with Crippen LogP contribution < -0.4 is 11.1 Å². The number of benzene rings is 1. The van der Waals surface area contributed by atoms with E-state index in [0.29, 0.717) is 17.1 Å². The van der Waals surface area contributed by atoms with Gasteiger partial charge in [-0.3, -0.25) is 0 Å². The first-order valence-corrected chi connectivity index (χ1v) is 6.60. The highest BCUT2D eigenvalue weighted by molar-refractivity contribution is 5.66. The smallest absolute Gasteiger partial charge is 0.171 e. The van der Waals surface area contributed by atoms with Crippen molar-refractivity contribution in [2.45, 2.75) is 26.7 Å². The topological polar surface area (TPSA) is 87.6 Å². The van der Waals surface area contributed by atoms with E-state index in [0.717, 1.165) is 29.8 Å². The van der Waals surface area contributed by atoms with Crippen LogP contribution in [0.2, 0.25) is 0 Å².